The predicted molar refractivity (Wildman–Crippen MR) is 115 cm³/mol. The first kappa shape index (κ1) is 24.5. The van der Waals surface area contributed by atoms with Crippen molar-refractivity contribution in [1.29, 1.82) is 0 Å². The highest BCUT2D eigenvalue weighted by molar-refractivity contribution is 7.95. The number of fused-ring (bicyclic) bond motifs is 1. The van der Waals surface area contributed by atoms with Crippen LogP contribution in [0, 0.1) is 17.5 Å². The van der Waals surface area contributed by atoms with Crippen molar-refractivity contribution in [1.82, 2.24) is 10.2 Å². The quantitative estimate of drug-likeness (QED) is 0.724. The Hall–Kier alpha value is -1.72. The van der Waals surface area contributed by atoms with Crippen LogP contribution in [-0.2, 0) is 10.2 Å². The van der Waals surface area contributed by atoms with Gasteiger partial charge in [0.2, 0.25) is 0 Å². The second kappa shape index (κ2) is 9.61. The Morgan fingerprint density at radius 1 is 0.900 bits per heavy atom. The molecular formula is C18H21Cl2F3N4O2S. The summed E-state index contributed by atoms with van der Waals surface area (Å²) < 4.78 is 70.3. The lowest BCUT2D eigenvalue weighted by Crippen LogP contribution is -2.47. The first-order valence-corrected chi connectivity index (χ1v) is 10.3. The molecule has 1 saturated heterocycles. The van der Waals surface area contributed by atoms with Gasteiger partial charge in [-0.3, -0.25) is 4.90 Å². The Morgan fingerprint density at radius 2 is 1.47 bits per heavy atom. The monoisotopic (exact) mass is 484 g/mol. The SMILES string of the molecule is Cl.Cl.O=S1(=O)N(CCN2CCNCC2)c2ccccc2N1c1c(F)cc(F)cc1F. The topological polar surface area (TPSA) is 55.9 Å². The molecule has 2 aromatic rings. The molecule has 1 N–H and O–H groups in total. The van der Waals surface area contributed by atoms with E-state index in [1.54, 1.807) is 18.2 Å². The third-order valence-corrected chi connectivity index (χ3v) is 6.67. The number of rotatable bonds is 4. The standard InChI is InChI=1S/C18H19F3N4O2S.2ClH/c19-13-11-14(20)18(15(21)12-13)25-17-4-2-1-3-16(17)24(28(25,26)27)10-9-23-7-5-22-6-8-23;;/h1-4,11-12,22H,5-10H2;2*1H. The molecule has 0 aromatic heterocycles. The van der Waals surface area contributed by atoms with Crippen LogP contribution in [0.4, 0.5) is 30.2 Å². The van der Waals surface area contributed by atoms with E-state index in [9.17, 15) is 21.6 Å². The van der Waals surface area contributed by atoms with Gasteiger partial charge in [0.25, 0.3) is 0 Å². The summed E-state index contributed by atoms with van der Waals surface area (Å²) in [6.45, 7) is 3.85. The fourth-order valence-electron chi connectivity index (χ4n) is 3.56. The van der Waals surface area contributed by atoms with E-state index in [0.29, 0.717) is 28.7 Å². The minimum absolute atomic E-state index is 0. The molecule has 2 heterocycles. The average molecular weight is 485 g/mol. The Bertz CT molecular complexity index is 984. The molecule has 0 radical (unpaired) electrons. The highest BCUT2D eigenvalue weighted by Gasteiger charge is 2.43. The molecule has 0 spiro atoms. The van der Waals surface area contributed by atoms with E-state index in [1.165, 1.54) is 6.07 Å². The van der Waals surface area contributed by atoms with E-state index in [0.717, 1.165) is 30.5 Å². The molecule has 4 rings (SSSR count). The molecule has 0 atom stereocenters. The van der Waals surface area contributed by atoms with E-state index in [-0.39, 0.29) is 37.0 Å². The second-order valence-electron chi connectivity index (χ2n) is 6.64. The van der Waals surface area contributed by atoms with Crippen molar-refractivity contribution in [3.8, 4) is 0 Å². The molecule has 12 heteroatoms. The van der Waals surface area contributed by atoms with Crippen LogP contribution < -0.4 is 13.9 Å². The van der Waals surface area contributed by atoms with Crippen molar-refractivity contribution in [3.05, 3.63) is 53.8 Å². The predicted octanol–water partition coefficient (Wildman–Crippen LogP) is 3.06. The second-order valence-corrected chi connectivity index (χ2v) is 8.34. The van der Waals surface area contributed by atoms with Crippen LogP contribution in [0.1, 0.15) is 0 Å². The van der Waals surface area contributed by atoms with Crippen LogP contribution >= 0.6 is 24.8 Å². The van der Waals surface area contributed by atoms with Crippen LogP contribution in [0.3, 0.4) is 0 Å². The van der Waals surface area contributed by atoms with Gasteiger partial charge in [0.05, 0.1) is 11.4 Å². The molecule has 30 heavy (non-hydrogen) atoms. The van der Waals surface area contributed by atoms with Crippen molar-refractivity contribution in [2.75, 3.05) is 47.9 Å². The summed E-state index contributed by atoms with van der Waals surface area (Å²) in [6.07, 6.45) is 0. The zero-order valence-corrected chi connectivity index (χ0v) is 18.2. The molecule has 0 saturated carbocycles. The van der Waals surface area contributed by atoms with Gasteiger partial charge >= 0.3 is 10.2 Å². The fraction of sp³-hybridized carbons (Fsp3) is 0.333. The van der Waals surface area contributed by atoms with Gasteiger partial charge in [-0.2, -0.15) is 8.42 Å². The van der Waals surface area contributed by atoms with Crippen molar-refractivity contribution in [3.63, 3.8) is 0 Å². The van der Waals surface area contributed by atoms with Crippen molar-refractivity contribution < 1.29 is 21.6 Å². The Morgan fingerprint density at radius 3 is 2.07 bits per heavy atom. The summed E-state index contributed by atoms with van der Waals surface area (Å²) in [5.74, 6) is -3.67. The summed E-state index contributed by atoms with van der Waals surface area (Å²) in [4.78, 5) is 2.12. The molecule has 2 aliphatic rings. The van der Waals surface area contributed by atoms with E-state index < -0.39 is 33.3 Å². The number of benzene rings is 2. The van der Waals surface area contributed by atoms with Gasteiger partial charge in [0.1, 0.15) is 11.5 Å². The van der Waals surface area contributed by atoms with Crippen LogP contribution in [0.25, 0.3) is 0 Å². The first-order valence-electron chi connectivity index (χ1n) is 8.89. The number of piperazine rings is 1. The van der Waals surface area contributed by atoms with Crippen LogP contribution in [0.15, 0.2) is 36.4 Å². The van der Waals surface area contributed by atoms with Gasteiger partial charge in [-0.15, -0.1) is 24.8 Å². The van der Waals surface area contributed by atoms with Gasteiger partial charge < -0.3 is 5.32 Å². The third-order valence-electron chi connectivity index (χ3n) is 4.89. The van der Waals surface area contributed by atoms with Gasteiger partial charge in [0.15, 0.2) is 11.6 Å². The summed E-state index contributed by atoms with van der Waals surface area (Å²) in [7, 11) is -4.28. The number of hydrogen-bond acceptors (Lipinski definition) is 4. The smallest absolute Gasteiger partial charge is 0.314 e. The van der Waals surface area contributed by atoms with Gasteiger partial charge in [-0.1, -0.05) is 12.1 Å². The lowest BCUT2D eigenvalue weighted by molar-refractivity contribution is 0.248. The highest BCUT2D eigenvalue weighted by Crippen LogP contribution is 2.46. The third kappa shape index (κ3) is 4.33. The van der Waals surface area contributed by atoms with E-state index >= 15 is 0 Å². The highest BCUT2D eigenvalue weighted by atomic mass is 35.5. The van der Waals surface area contributed by atoms with Crippen LogP contribution in [-0.4, -0.2) is 52.6 Å². The Labute approximate surface area is 185 Å². The van der Waals surface area contributed by atoms with Crippen LogP contribution in [0.5, 0.6) is 0 Å². The number of para-hydroxylation sites is 2. The zero-order valence-electron chi connectivity index (χ0n) is 15.7. The minimum atomic E-state index is -4.28. The molecule has 6 nitrogen and oxygen atoms in total. The lowest BCUT2D eigenvalue weighted by atomic mass is 10.2. The average Bonchev–Trinajstić information content (AvgIpc) is 2.87. The maximum Gasteiger partial charge on any atom is 0.331 e. The minimum Gasteiger partial charge on any atom is -0.314 e. The molecule has 0 amide bonds. The maximum atomic E-state index is 14.4. The fourth-order valence-corrected chi connectivity index (χ4v) is 5.28. The Balaban J connectivity index is 0.00000160. The van der Waals surface area contributed by atoms with Gasteiger partial charge in [-0.05, 0) is 12.1 Å². The van der Waals surface area contributed by atoms with E-state index in [1.807, 2.05) is 0 Å². The summed E-state index contributed by atoms with van der Waals surface area (Å²) in [5.41, 5.74) is -0.341. The summed E-state index contributed by atoms with van der Waals surface area (Å²) in [5, 5.41) is 3.22. The van der Waals surface area contributed by atoms with Crippen molar-refractivity contribution in [2.24, 2.45) is 0 Å². The number of nitrogens with one attached hydrogen (secondary N) is 1. The Kier molecular flexibility index (Phi) is 7.86. The molecule has 0 bridgehead atoms. The first-order chi connectivity index (χ1) is 13.4. The number of nitrogens with zero attached hydrogens (tertiary/aromatic N) is 3. The van der Waals surface area contributed by atoms with Gasteiger partial charge in [-0.25, -0.2) is 21.8 Å². The van der Waals surface area contributed by atoms with Gasteiger partial charge in [0, 0.05) is 51.4 Å². The maximum absolute atomic E-state index is 14.4. The summed E-state index contributed by atoms with van der Waals surface area (Å²) in [6, 6.07) is 7.25. The molecule has 2 aromatic carbocycles. The lowest BCUT2D eigenvalue weighted by Gasteiger charge is -2.29. The number of anilines is 3. The largest absolute Gasteiger partial charge is 0.331 e. The van der Waals surface area contributed by atoms with Crippen molar-refractivity contribution >= 4 is 52.1 Å². The zero-order chi connectivity index (χ0) is 19.9. The number of halogens is 5. The van der Waals surface area contributed by atoms with E-state index in [2.05, 4.69) is 10.2 Å². The number of hydrogen-bond donors (Lipinski definition) is 1. The molecule has 2 aliphatic heterocycles. The van der Waals surface area contributed by atoms with E-state index in [4.69, 9.17) is 0 Å². The molecule has 166 valence electrons. The van der Waals surface area contributed by atoms with Crippen molar-refractivity contribution in [2.45, 2.75) is 0 Å². The van der Waals surface area contributed by atoms with Crippen LogP contribution in [0.2, 0.25) is 0 Å². The normalized spacial score (nSPS) is 17.8. The summed E-state index contributed by atoms with van der Waals surface area (Å²) >= 11 is 0. The molecule has 0 unspecified atom stereocenters. The molecule has 0 aliphatic carbocycles. The molecule has 1 fully saturated rings. The molecular weight excluding hydrogens is 464 g/mol.